The van der Waals surface area contributed by atoms with Gasteiger partial charge in [0.25, 0.3) is 0 Å². The fourth-order valence-corrected chi connectivity index (χ4v) is 2.90. The van der Waals surface area contributed by atoms with Gasteiger partial charge in [0.2, 0.25) is 5.91 Å². The topological polar surface area (TPSA) is 62.4 Å². The summed E-state index contributed by atoms with van der Waals surface area (Å²) in [4.78, 5) is 28.8. The fraction of sp³-hybridized carbons (Fsp3) is 0.250. The van der Waals surface area contributed by atoms with E-state index in [1.807, 2.05) is 24.3 Å². The van der Waals surface area contributed by atoms with Gasteiger partial charge in [0.15, 0.2) is 0 Å². The number of carbonyl (C=O) groups is 2. The predicted octanol–water partition coefficient (Wildman–Crippen LogP) is 1.78. The van der Waals surface area contributed by atoms with Gasteiger partial charge in [-0.2, -0.15) is 0 Å². The van der Waals surface area contributed by atoms with E-state index >= 15 is 0 Å². The number of fused-ring (bicyclic) bond motifs is 3. The van der Waals surface area contributed by atoms with Crippen LogP contribution in [0.25, 0.3) is 10.9 Å². The molecule has 1 aromatic heterocycles. The fourth-order valence-electron chi connectivity index (χ4n) is 2.90. The Bertz CT molecular complexity index is 732. The van der Waals surface area contributed by atoms with Gasteiger partial charge in [-0.3, -0.25) is 4.79 Å². The first-order valence-corrected chi connectivity index (χ1v) is 6.75. The van der Waals surface area contributed by atoms with E-state index in [1.165, 1.54) is 18.1 Å². The minimum absolute atomic E-state index is 0.269. The average molecular weight is 284 g/mol. The summed E-state index contributed by atoms with van der Waals surface area (Å²) in [5, 5.41) is 1.09. The number of amides is 1. The van der Waals surface area contributed by atoms with E-state index in [-0.39, 0.29) is 5.91 Å². The lowest BCUT2D eigenvalue weighted by atomic mass is 9.96. The van der Waals surface area contributed by atoms with Crippen molar-refractivity contribution in [3.63, 3.8) is 0 Å². The Balaban J connectivity index is 2.09. The number of para-hydroxylation sites is 1. The number of aromatic amines is 1. The molecular formula is C16H16N2O3. The first kappa shape index (κ1) is 13.4. The Kier molecular flexibility index (Phi) is 3.25. The highest BCUT2D eigenvalue weighted by Crippen LogP contribution is 2.30. The van der Waals surface area contributed by atoms with E-state index in [1.54, 1.807) is 0 Å². The second-order valence-electron chi connectivity index (χ2n) is 5.04. The summed E-state index contributed by atoms with van der Waals surface area (Å²) in [6.07, 6.45) is 1.68. The van der Waals surface area contributed by atoms with Crippen LogP contribution >= 0.6 is 0 Å². The molecule has 1 amide bonds. The number of rotatable bonds is 2. The van der Waals surface area contributed by atoms with E-state index in [2.05, 4.69) is 11.6 Å². The Hall–Kier alpha value is -2.56. The summed E-state index contributed by atoms with van der Waals surface area (Å²) in [6, 6.07) is 7.32. The number of methoxy groups -OCH3 is 1. The summed E-state index contributed by atoms with van der Waals surface area (Å²) in [5.41, 5.74) is 3.06. The maximum Gasteiger partial charge on any atom is 0.328 e. The van der Waals surface area contributed by atoms with Gasteiger partial charge in [-0.15, -0.1) is 0 Å². The molecule has 0 fully saturated rings. The summed E-state index contributed by atoms with van der Waals surface area (Å²) in [7, 11) is 1.34. The molecule has 2 heterocycles. The number of H-pyrrole nitrogens is 1. The van der Waals surface area contributed by atoms with Gasteiger partial charge >= 0.3 is 5.97 Å². The van der Waals surface area contributed by atoms with E-state index in [0.717, 1.165) is 22.2 Å². The minimum Gasteiger partial charge on any atom is -0.467 e. The van der Waals surface area contributed by atoms with Crippen molar-refractivity contribution in [2.24, 2.45) is 0 Å². The second-order valence-corrected chi connectivity index (χ2v) is 5.04. The third-order valence-corrected chi connectivity index (χ3v) is 3.94. The number of ether oxygens (including phenoxy) is 1. The number of carbonyl (C=O) groups excluding carboxylic acids is 2. The van der Waals surface area contributed by atoms with Crippen molar-refractivity contribution in [1.82, 2.24) is 9.88 Å². The van der Waals surface area contributed by atoms with Crippen molar-refractivity contribution < 1.29 is 14.3 Å². The zero-order chi connectivity index (χ0) is 15.0. The molecule has 21 heavy (non-hydrogen) atoms. The standard InChI is InChI=1S/C16H16N2O3/c1-3-15(19)18-9-13-11(8-14(18)16(20)21-2)10-6-4-5-7-12(10)17-13/h3-7,14,17H,1,8-9H2,2H3/t14-/m0/s1. The maximum atomic E-state index is 12.0. The molecule has 1 atom stereocenters. The SMILES string of the molecule is C=CC(=O)N1Cc2[nH]c3ccccc3c2C[C@H]1C(=O)OC. The van der Waals surface area contributed by atoms with Gasteiger partial charge in [-0.1, -0.05) is 24.8 Å². The zero-order valence-electron chi connectivity index (χ0n) is 11.8. The highest BCUT2D eigenvalue weighted by molar-refractivity contribution is 5.93. The third kappa shape index (κ3) is 2.11. The van der Waals surface area contributed by atoms with Crippen LogP contribution in [0.3, 0.4) is 0 Å². The third-order valence-electron chi connectivity index (χ3n) is 3.94. The van der Waals surface area contributed by atoms with Crippen LogP contribution in [0.4, 0.5) is 0 Å². The van der Waals surface area contributed by atoms with Crippen molar-refractivity contribution in [2.45, 2.75) is 19.0 Å². The summed E-state index contributed by atoms with van der Waals surface area (Å²) >= 11 is 0. The van der Waals surface area contributed by atoms with Gasteiger partial charge in [0.1, 0.15) is 6.04 Å². The summed E-state index contributed by atoms with van der Waals surface area (Å²) < 4.78 is 4.84. The van der Waals surface area contributed by atoms with Crippen LogP contribution in [-0.4, -0.2) is 34.9 Å². The number of esters is 1. The summed E-state index contributed by atoms with van der Waals surface area (Å²) in [6.45, 7) is 3.86. The van der Waals surface area contributed by atoms with Crippen molar-refractivity contribution >= 4 is 22.8 Å². The number of hydrogen-bond acceptors (Lipinski definition) is 3. The lowest BCUT2D eigenvalue weighted by Gasteiger charge is -2.33. The molecular weight excluding hydrogens is 268 g/mol. The molecule has 0 saturated heterocycles. The van der Waals surface area contributed by atoms with Crippen molar-refractivity contribution in [1.29, 1.82) is 0 Å². The molecule has 0 radical (unpaired) electrons. The van der Waals surface area contributed by atoms with Crippen molar-refractivity contribution in [3.8, 4) is 0 Å². The van der Waals surface area contributed by atoms with Crippen LogP contribution in [0.5, 0.6) is 0 Å². The van der Waals surface area contributed by atoms with Gasteiger partial charge in [-0.25, -0.2) is 4.79 Å². The predicted molar refractivity (Wildman–Crippen MR) is 78.6 cm³/mol. The minimum atomic E-state index is -0.604. The largest absolute Gasteiger partial charge is 0.467 e. The van der Waals surface area contributed by atoms with Gasteiger partial charge in [-0.05, 0) is 17.7 Å². The Morgan fingerprint density at radius 1 is 1.43 bits per heavy atom. The maximum absolute atomic E-state index is 12.0. The monoisotopic (exact) mass is 284 g/mol. The van der Waals surface area contributed by atoms with E-state index in [0.29, 0.717) is 13.0 Å². The molecule has 0 spiro atoms. The van der Waals surface area contributed by atoms with E-state index in [4.69, 9.17) is 4.74 Å². The van der Waals surface area contributed by atoms with Gasteiger partial charge in [0.05, 0.1) is 13.7 Å². The van der Waals surface area contributed by atoms with E-state index in [9.17, 15) is 9.59 Å². The molecule has 2 aromatic rings. The molecule has 108 valence electrons. The first-order chi connectivity index (χ1) is 10.2. The molecule has 5 heteroatoms. The molecule has 5 nitrogen and oxygen atoms in total. The highest BCUT2D eigenvalue weighted by Gasteiger charge is 2.36. The van der Waals surface area contributed by atoms with Crippen molar-refractivity contribution in [3.05, 3.63) is 48.2 Å². The zero-order valence-corrected chi connectivity index (χ0v) is 11.8. The molecule has 1 aliphatic rings. The number of benzene rings is 1. The Morgan fingerprint density at radius 2 is 2.19 bits per heavy atom. The van der Waals surface area contributed by atoms with Crippen LogP contribution in [0.2, 0.25) is 0 Å². The first-order valence-electron chi connectivity index (χ1n) is 6.75. The smallest absolute Gasteiger partial charge is 0.328 e. The number of aromatic nitrogens is 1. The molecule has 1 N–H and O–H groups in total. The molecule has 3 rings (SSSR count). The van der Waals surface area contributed by atoms with Crippen LogP contribution < -0.4 is 0 Å². The van der Waals surface area contributed by atoms with Crippen LogP contribution in [-0.2, 0) is 27.3 Å². The quantitative estimate of drug-likeness (QED) is 0.675. The molecule has 0 unspecified atom stereocenters. The molecule has 0 saturated carbocycles. The number of hydrogen-bond donors (Lipinski definition) is 1. The number of nitrogens with zero attached hydrogens (tertiary/aromatic N) is 1. The number of nitrogens with one attached hydrogen (secondary N) is 1. The van der Waals surface area contributed by atoms with Crippen LogP contribution in [0, 0.1) is 0 Å². The van der Waals surface area contributed by atoms with Gasteiger partial charge in [0, 0.05) is 23.0 Å². The summed E-state index contributed by atoms with van der Waals surface area (Å²) in [5.74, 6) is -0.671. The molecule has 1 aromatic carbocycles. The van der Waals surface area contributed by atoms with Gasteiger partial charge < -0.3 is 14.6 Å². The molecule has 0 aliphatic carbocycles. The molecule has 0 bridgehead atoms. The second kappa shape index (κ2) is 5.09. The molecule has 1 aliphatic heterocycles. The van der Waals surface area contributed by atoms with Crippen molar-refractivity contribution in [2.75, 3.05) is 7.11 Å². The Labute approximate surface area is 122 Å². The highest BCUT2D eigenvalue weighted by atomic mass is 16.5. The lowest BCUT2D eigenvalue weighted by Crippen LogP contribution is -2.48. The van der Waals surface area contributed by atoms with Crippen LogP contribution in [0.15, 0.2) is 36.9 Å². The average Bonchev–Trinajstić information content (AvgIpc) is 2.89. The van der Waals surface area contributed by atoms with E-state index < -0.39 is 12.0 Å². The lowest BCUT2D eigenvalue weighted by molar-refractivity contribution is -0.152. The normalized spacial score (nSPS) is 17.4. The van der Waals surface area contributed by atoms with Crippen LogP contribution in [0.1, 0.15) is 11.3 Å². The Morgan fingerprint density at radius 3 is 2.90 bits per heavy atom.